The van der Waals surface area contributed by atoms with Gasteiger partial charge in [0.1, 0.15) is 22.9 Å². The number of benzene rings is 3. The van der Waals surface area contributed by atoms with Gasteiger partial charge in [0.15, 0.2) is 0 Å². The summed E-state index contributed by atoms with van der Waals surface area (Å²) in [4.78, 5) is 25.1. The molecular formula is C23H15FO4. The summed E-state index contributed by atoms with van der Waals surface area (Å²) in [6.45, 7) is 1.72. The number of carbonyl (C=O) groups excluding carboxylic acids is 1. The van der Waals surface area contributed by atoms with Crippen LogP contribution in [0, 0.1) is 12.7 Å². The molecule has 0 saturated carbocycles. The summed E-state index contributed by atoms with van der Waals surface area (Å²) in [5.41, 5.74) is 1.52. The van der Waals surface area contributed by atoms with E-state index in [2.05, 4.69) is 0 Å². The van der Waals surface area contributed by atoms with Crippen LogP contribution in [0.1, 0.15) is 16.1 Å². The first-order valence-corrected chi connectivity index (χ1v) is 8.63. The van der Waals surface area contributed by atoms with Gasteiger partial charge in [0.2, 0.25) is 5.43 Å². The van der Waals surface area contributed by atoms with E-state index < -0.39 is 11.8 Å². The van der Waals surface area contributed by atoms with E-state index in [-0.39, 0.29) is 16.7 Å². The Balaban J connectivity index is 1.72. The van der Waals surface area contributed by atoms with E-state index in [9.17, 15) is 14.0 Å². The van der Waals surface area contributed by atoms with Crippen LogP contribution in [0.15, 0.2) is 82.0 Å². The highest BCUT2D eigenvalue weighted by Gasteiger charge is 2.15. The monoisotopic (exact) mass is 374 g/mol. The number of hydrogen-bond donors (Lipinski definition) is 0. The largest absolute Gasteiger partial charge is 0.460 e. The molecule has 0 radical (unpaired) electrons. The SMILES string of the molecule is Cc1oc2cc(OC(=O)c3cccc(F)c3)ccc2c(=O)c1-c1ccccc1. The van der Waals surface area contributed by atoms with Gasteiger partial charge in [-0.3, -0.25) is 4.79 Å². The molecule has 4 rings (SSSR count). The van der Waals surface area contributed by atoms with Gasteiger partial charge in [-0.1, -0.05) is 36.4 Å². The van der Waals surface area contributed by atoms with E-state index in [1.165, 1.54) is 30.3 Å². The highest BCUT2D eigenvalue weighted by molar-refractivity contribution is 5.92. The fourth-order valence-electron chi connectivity index (χ4n) is 3.07. The van der Waals surface area contributed by atoms with Crippen LogP contribution in [0.2, 0.25) is 0 Å². The van der Waals surface area contributed by atoms with Gasteiger partial charge in [-0.15, -0.1) is 0 Å². The van der Waals surface area contributed by atoms with Gasteiger partial charge in [-0.05, 0) is 42.8 Å². The minimum atomic E-state index is -0.696. The Hall–Kier alpha value is -3.73. The fraction of sp³-hybridized carbons (Fsp3) is 0.0435. The Kier molecular flexibility index (Phi) is 4.49. The number of ether oxygens (including phenoxy) is 1. The van der Waals surface area contributed by atoms with Gasteiger partial charge >= 0.3 is 5.97 Å². The van der Waals surface area contributed by atoms with Gasteiger partial charge in [-0.25, -0.2) is 9.18 Å². The molecule has 0 aliphatic heterocycles. The second kappa shape index (κ2) is 7.12. The molecule has 4 aromatic rings. The van der Waals surface area contributed by atoms with E-state index in [0.717, 1.165) is 11.6 Å². The quantitative estimate of drug-likeness (QED) is 0.369. The van der Waals surface area contributed by atoms with Crippen LogP contribution < -0.4 is 10.2 Å². The summed E-state index contributed by atoms with van der Waals surface area (Å²) in [5, 5.41) is 0.384. The summed E-state index contributed by atoms with van der Waals surface area (Å²) in [6.07, 6.45) is 0. The second-order valence-corrected chi connectivity index (χ2v) is 6.29. The Morgan fingerprint density at radius 3 is 2.50 bits per heavy atom. The maximum atomic E-state index is 13.3. The highest BCUT2D eigenvalue weighted by atomic mass is 19.1. The van der Waals surface area contributed by atoms with Crippen molar-refractivity contribution in [2.45, 2.75) is 6.92 Å². The average Bonchev–Trinajstić information content (AvgIpc) is 2.68. The molecule has 0 aliphatic carbocycles. The number of halogens is 1. The first-order valence-electron chi connectivity index (χ1n) is 8.63. The summed E-state index contributed by atoms with van der Waals surface area (Å²) < 4.78 is 24.4. The van der Waals surface area contributed by atoms with Gasteiger partial charge in [0.05, 0.1) is 16.5 Å². The number of fused-ring (bicyclic) bond motifs is 1. The zero-order valence-electron chi connectivity index (χ0n) is 14.9. The lowest BCUT2D eigenvalue weighted by atomic mass is 10.0. The van der Waals surface area contributed by atoms with Crippen molar-refractivity contribution in [1.29, 1.82) is 0 Å². The lowest BCUT2D eigenvalue weighted by molar-refractivity contribution is 0.0734. The smallest absolute Gasteiger partial charge is 0.343 e. The van der Waals surface area contributed by atoms with Crippen LogP contribution in [-0.4, -0.2) is 5.97 Å². The molecule has 0 N–H and O–H groups in total. The molecule has 0 fully saturated rings. The molecule has 0 atom stereocenters. The van der Waals surface area contributed by atoms with Crippen molar-refractivity contribution >= 4 is 16.9 Å². The molecule has 1 heterocycles. The Morgan fingerprint density at radius 2 is 1.75 bits per heavy atom. The van der Waals surface area contributed by atoms with Gasteiger partial charge in [-0.2, -0.15) is 0 Å². The van der Waals surface area contributed by atoms with Crippen LogP contribution in [0.4, 0.5) is 4.39 Å². The van der Waals surface area contributed by atoms with E-state index in [1.807, 2.05) is 30.3 Å². The third kappa shape index (κ3) is 3.30. The minimum Gasteiger partial charge on any atom is -0.460 e. The summed E-state index contributed by atoms with van der Waals surface area (Å²) in [6, 6.07) is 19.1. The average molecular weight is 374 g/mol. The Morgan fingerprint density at radius 1 is 0.964 bits per heavy atom. The van der Waals surface area contributed by atoms with Crippen molar-refractivity contribution in [3.8, 4) is 16.9 Å². The number of aryl methyl sites for hydroxylation is 1. The van der Waals surface area contributed by atoms with Crippen molar-refractivity contribution < 1.29 is 18.3 Å². The molecule has 0 spiro atoms. The molecule has 3 aromatic carbocycles. The predicted molar refractivity (Wildman–Crippen MR) is 104 cm³/mol. The lowest BCUT2D eigenvalue weighted by Crippen LogP contribution is -2.10. The van der Waals surface area contributed by atoms with Crippen molar-refractivity contribution in [3.63, 3.8) is 0 Å². The predicted octanol–water partition coefficient (Wildman–Crippen LogP) is 5.13. The normalized spacial score (nSPS) is 10.8. The van der Waals surface area contributed by atoms with Crippen molar-refractivity contribution in [1.82, 2.24) is 0 Å². The molecule has 0 unspecified atom stereocenters. The molecular weight excluding hydrogens is 359 g/mol. The standard InChI is InChI=1S/C23H15FO4/c1-14-21(15-6-3-2-4-7-15)22(25)19-11-10-18(13-20(19)27-14)28-23(26)16-8-5-9-17(24)12-16/h2-13H,1H3. The second-order valence-electron chi connectivity index (χ2n) is 6.29. The Bertz CT molecular complexity index is 1240. The third-order valence-electron chi connectivity index (χ3n) is 4.37. The molecule has 1 aromatic heterocycles. The van der Waals surface area contributed by atoms with Crippen LogP contribution in [0.3, 0.4) is 0 Å². The number of rotatable bonds is 3. The van der Waals surface area contributed by atoms with Crippen LogP contribution in [-0.2, 0) is 0 Å². The van der Waals surface area contributed by atoms with Crippen molar-refractivity contribution in [2.24, 2.45) is 0 Å². The maximum absolute atomic E-state index is 13.3. The molecule has 0 bridgehead atoms. The fourth-order valence-corrected chi connectivity index (χ4v) is 3.07. The Labute approximate surface area is 159 Å². The molecule has 0 aliphatic rings. The van der Waals surface area contributed by atoms with Gasteiger partial charge in [0, 0.05) is 6.07 Å². The number of hydrogen-bond acceptors (Lipinski definition) is 4. The summed E-state index contributed by atoms with van der Waals surface area (Å²) in [5.74, 6) is -0.545. The van der Waals surface area contributed by atoms with Crippen molar-refractivity contribution in [2.75, 3.05) is 0 Å². The van der Waals surface area contributed by atoms with E-state index in [4.69, 9.17) is 9.15 Å². The van der Waals surface area contributed by atoms with Crippen LogP contribution in [0.25, 0.3) is 22.1 Å². The molecule has 4 nitrogen and oxygen atoms in total. The lowest BCUT2D eigenvalue weighted by Gasteiger charge is -2.09. The zero-order chi connectivity index (χ0) is 19.7. The van der Waals surface area contributed by atoms with Gasteiger partial charge < -0.3 is 9.15 Å². The molecule has 5 heteroatoms. The zero-order valence-corrected chi connectivity index (χ0v) is 14.9. The van der Waals surface area contributed by atoms with Crippen LogP contribution in [0.5, 0.6) is 5.75 Å². The maximum Gasteiger partial charge on any atom is 0.343 e. The first kappa shape index (κ1) is 17.7. The topological polar surface area (TPSA) is 56.5 Å². The number of carbonyl (C=O) groups is 1. The first-order chi connectivity index (χ1) is 13.5. The molecule has 0 saturated heterocycles. The minimum absolute atomic E-state index is 0.0946. The summed E-state index contributed by atoms with van der Waals surface area (Å²) >= 11 is 0. The highest BCUT2D eigenvalue weighted by Crippen LogP contribution is 2.26. The molecule has 138 valence electrons. The number of esters is 1. The van der Waals surface area contributed by atoms with Crippen molar-refractivity contribution in [3.05, 3.63) is 100 Å². The molecule has 0 amide bonds. The van der Waals surface area contributed by atoms with Gasteiger partial charge in [0.25, 0.3) is 0 Å². The summed E-state index contributed by atoms with van der Waals surface area (Å²) in [7, 11) is 0. The van der Waals surface area contributed by atoms with E-state index >= 15 is 0 Å². The molecule has 28 heavy (non-hydrogen) atoms. The van der Waals surface area contributed by atoms with E-state index in [1.54, 1.807) is 13.0 Å². The third-order valence-corrected chi connectivity index (χ3v) is 4.37. The van der Waals surface area contributed by atoms with Crippen LogP contribution >= 0.6 is 0 Å². The van der Waals surface area contributed by atoms with E-state index in [0.29, 0.717) is 22.3 Å².